The van der Waals surface area contributed by atoms with E-state index in [2.05, 4.69) is 17.2 Å². The van der Waals surface area contributed by atoms with Gasteiger partial charge in [-0.05, 0) is 41.2 Å². The van der Waals surface area contributed by atoms with Gasteiger partial charge in [0.05, 0.1) is 11.5 Å². The van der Waals surface area contributed by atoms with Crippen molar-refractivity contribution in [2.24, 2.45) is 16.8 Å². The highest BCUT2D eigenvalue weighted by Gasteiger charge is 2.51. The molecule has 0 aliphatic carbocycles. The number of carbonyl (C=O) groups excluding carboxylic acids is 1. The molecule has 1 aromatic rings. The predicted octanol–water partition coefficient (Wildman–Crippen LogP) is 2.75. The molecule has 0 aromatic heterocycles. The molecule has 4 aliphatic rings. The number of benzene rings is 1. The lowest BCUT2D eigenvalue weighted by Crippen LogP contribution is -2.37. The quantitative estimate of drug-likeness (QED) is 0.693. The lowest BCUT2D eigenvalue weighted by Gasteiger charge is -2.27. The molecule has 1 aromatic carbocycles. The molecule has 0 spiro atoms. The van der Waals surface area contributed by atoms with Crippen LogP contribution in [0.1, 0.15) is 18.9 Å². The van der Waals surface area contributed by atoms with Gasteiger partial charge in [0.2, 0.25) is 0 Å². The van der Waals surface area contributed by atoms with Crippen molar-refractivity contribution in [3.63, 3.8) is 0 Å². The van der Waals surface area contributed by atoms with Crippen LogP contribution in [0.15, 0.2) is 70.5 Å². The highest BCUT2D eigenvalue weighted by atomic mass is 19.1. The van der Waals surface area contributed by atoms with E-state index in [1.807, 2.05) is 35.5 Å². The van der Waals surface area contributed by atoms with Crippen molar-refractivity contribution in [3.8, 4) is 0 Å². The first-order valence-electron chi connectivity index (χ1n) is 10.5. The Balaban J connectivity index is 1.56. The molecule has 0 saturated carbocycles. The Bertz CT molecular complexity index is 1050. The second kappa shape index (κ2) is 7.90. The van der Waals surface area contributed by atoms with Gasteiger partial charge in [0, 0.05) is 25.6 Å². The molecule has 0 bridgehead atoms. The topological polar surface area (TPSA) is 77.5 Å². The highest BCUT2D eigenvalue weighted by molar-refractivity contribution is 6.05. The molecule has 4 heterocycles. The fraction of sp³-hybridized carbons (Fsp3) is 0.333. The second-order valence-electron chi connectivity index (χ2n) is 8.19. The van der Waals surface area contributed by atoms with E-state index >= 15 is 0 Å². The number of nitrogens with zero attached hydrogens (tertiary/aromatic N) is 2. The zero-order chi connectivity index (χ0) is 21.5. The number of rotatable bonds is 6. The number of amidine groups is 1. The SMILES string of the molecule is CC1C=CN=C2C1C(C1=C(/C=C/c3ccc(F)cc3)C3OC3NC1=O)=CN2CCCO. The van der Waals surface area contributed by atoms with E-state index in [0.29, 0.717) is 18.5 Å². The first-order chi connectivity index (χ1) is 15.1. The summed E-state index contributed by atoms with van der Waals surface area (Å²) in [5, 5.41) is 12.2. The molecule has 1 saturated heterocycles. The van der Waals surface area contributed by atoms with Crippen molar-refractivity contribution >= 4 is 17.8 Å². The minimum Gasteiger partial charge on any atom is -0.396 e. The lowest BCUT2D eigenvalue weighted by molar-refractivity contribution is -0.118. The lowest BCUT2D eigenvalue weighted by atomic mass is 9.80. The van der Waals surface area contributed by atoms with Gasteiger partial charge in [-0.25, -0.2) is 9.38 Å². The van der Waals surface area contributed by atoms with Gasteiger partial charge < -0.3 is 20.1 Å². The molecule has 1 amide bonds. The number of aliphatic hydroxyl groups is 1. The van der Waals surface area contributed by atoms with Gasteiger partial charge in [-0.1, -0.05) is 37.3 Å². The molecular formula is C24H24FN3O3. The Morgan fingerprint density at radius 1 is 1.29 bits per heavy atom. The minimum atomic E-state index is -0.298. The van der Waals surface area contributed by atoms with Crippen molar-refractivity contribution in [2.45, 2.75) is 25.7 Å². The molecule has 31 heavy (non-hydrogen) atoms. The number of aliphatic hydroxyl groups excluding tert-OH is 1. The number of hydrogen-bond donors (Lipinski definition) is 2. The fourth-order valence-corrected chi connectivity index (χ4v) is 4.48. The molecule has 7 heteroatoms. The second-order valence-corrected chi connectivity index (χ2v) is 8.19. The average molecular weight is 421 g/mol. The van der Waals surface area contributed by atoms with E-state index in [0.717, 1.165) is 22.5 Å². The number of carbonyl (C=O) groups is 1. The van der Waals surface area contributed by atoms with E-state index in [-0.39, 0.29) is 42.5 Å². The van der Waals surface area contributed by atoms with E-state index in [4.69, 9.17) is 4.74 Å². The van der Waals surface area contributed by atoms with Crippen molar-refractivity contribution < 1.29 is 19.0 Å². The maximum atomic E-state index is 13.2. The van der Waals surface area contributed by atoms with Crippen LogP contribution in [0.2, 0.25) is 0 Å². The molecule has 4 atom stereocenters. The fourth-order valence-electron chi connectivity index (χ4n) is 4.48. The molecule has 4 aliphatic heterocycles. The van der Waals surface area contributed by atoms with Crippen LogP contribution in [0.25, 0.3) is 6.08 Å². The molecule has 160 valence electrons. The number of amides is 1. The number of halogens is 1. The summed E-state index contributed by atoms with van der Waals surface area (Å²) < 4.78 is 18.9. The van der Waals surface area contributed by atoms with Crippen LogP contribution in [0.3, 0.4) is 0 Å². The smallest absolute Gasteiger partial charge is 0.254 e. The van der Waals surface area contributed by atoms with Gasteiger partial charge >= 0.3 is 0 Å². The Kier molecular flexibility index (Phi) is 5.08. The number of ether oxygens (including phenoxy) is 1. The van der Waals surface area contributed by atoms with Crippen LogP contribution < -0.4 is 5.32 Å². The van der Waals surface area contributed by atoms with Crippen LogP contribution in [-0.4, -0.2) is 47.2 Å². The third kappa shape index (κ3) is 3.64. The first-order valence-corrected chi connectivity index (χ1v) is 10.5. The van der Waals surface area contributed by atoms with Crippen molar-refractivity contribution in [1.82, 2.24) is 10.2 Å². The molecule has 1 fully saturated rings. The van der Waals surface area contributed by atoms with Crippen LogP contribution >= 0.6 is 0 Å². The summed E-state index contributed by atoms with van der Waals surface area (Å²) in [7, 11) is 0. The molecule has 2 N–H and O–H groups in total. The number of aliphatic imine (C=N–C) groups is 1. The van der Waals surface area contributed by atoms with Crippen LogP contribution in [0.4, 0.5) is 4.39 Å². The Labute approximate surface area is 180 Å². The van der Waals surface area contributed by atoms with Crippen molar-refractivity contribution in [3.05, 3.63) is 76.9 Å². The molecule has 5 rings (SSSR count). The van der Waals surface area contributed by atoms with Crippen LogP contribution in [-0.2, 0) is 9.53 Å². The maximum Gasteiger partial charge on any atom is 0.254 e. The van der Waals surface area contributed by atoms with E-state index in [1.54, 1.807) is 12.1 Å². The summed E-state index contributed by atoms with van der Waals surface area (Å²) in [6.45, 7) is 2.84. The number of hydrogen-bond acceptors (Lipinski definition) is 5. The zero-order valence-corrected chi connectivity index (χ0v) is 17.2. The minimum absolute atomic E-state index is 0.0334. The van der Waals surface area contributed by atoms with Crippen molar-refractivity contribution in [1.29, 1.82) is 0 Å². The molecule has 0 radical (unpaired) electrons. The summed E-state index contributed by atoms with van der Waals surface area (Å²) in [5.41, 5.74) is 3.20. The largest absolute Gasteiger partial charge is 0.396 e. The Hall–Kier alpha value is -3.03. The summed E-state index contributed by atoms with van der Waals surface area (Å²) in [5.74, 6) is 0.602. The average Bonchev–Trinajstić information content (AvgIpc) is 3.44. The number of fused-ring (bicyclic) bond motifs is 2. The van der Waals surface area contributed by atoms with Gasteiger partial charge in [-0.3, -0.25) is 4.79 Å². The van der Waals surface area contributed by atoms with Gasteiger partial charge in [-0.2, -0.15) is 0 Å². The number of allylic oxidation sites excluding steroid dienone is 1. The predicted molar refractivity (Wildman–Crippen MR) is 115 cm³/mol. The highest BCUT2D eigenvalue weighted by Crippen LogP contribution is 2.44. The third-order valence-corrected chi connectivity index (χ3v) is 6.08. The maximum absolute atomic E-state index is 13.2. The summed E-state index contributed by atoms with van der Waals surface area (Å²) in [6.07, 6.45) is 9.76. The third-order valence-electron chi connectivity index (χ3n) is 6.08. The Morgan fingerprint density at radius 3 is 2.87 bits per heavy atom. The van der Waals surface area contributed by atoms with Crippen molar-refractivity contribution in [2.75, 3.05) is 13.2 Å². The summed E-state index contributed by atoms with van der Waals surface area (Å²) >= 11 is 0. The van der Waals surface area contributed by atoms with Gasteiger partial charge in [0.1, 0.15) is 17.8 Å². The molecule has 4 unspecified atom stereocenters. The van der Waals surface area contributed by atoms with Gasteiger partial charge in [0.25, 0.3) is 5.91 Å². The monoisotopic (exact) mass is 421 g/mol. The van der Waals surface area contributed by atoms with E-state index in [1.165, 1.54) is 12.1 Å². The van der Waals surface area contributed by atoms with E-state index < -0.39 is 0 Å². The summed E-state index contributed by atoms with van der Waals surface area (Å²) in [6, 6.07) is 6.22. The first kappa shape index (κ1) is 19.9. The van der Waals surface area contributed by atoms with Crippen LogP contribution in [0, 0.1) is 17.7 Å². The normalized spacial score (nSPS) is 29.0. The van der Waals surface area contributed by atoms with Gasteiger partial charge in [-0.15, -0.1) is 0 Å². The number of epoxide rings is 1. The molecule has 6 nitrogen and oxygen atoms in total. The summed E-state index contributed by atoms with van der Waals surface area (Å²) in [4.78, 5) is 19.7. The van der Waals surface area contributed by atoms with E-state index in [9.17, 15) is 14.3 Å². The molecular weight excluding hydrogens is 397 g/mol. The van der Waals surface area contributed by atoms with Gasteiger partial charge in [0.15, 0.2) is 6.23 Å². The Morgan fingerprint density at radius 2 is 2.10 bits per heavy atom. The zero-order valence-electron chi connectivity index (χ0n) is 17.2. The standard InChI is InChI=1S/C24H24FN3O3/c1-14-9-10-26-22-19(14)18(13-28(22)11-2-12-29)20-17(21-24(31-21)27-23(20)30)8-5-15-3-6-16(25)7-4-15/h3-10,13-14,19,21,24,29H,2,11-12H2,1H3,(H,27,30)/b8-5+. The number of nitrogens with one attached hydrogen (secondary N) is 1. The van der Waals surface area contributed by atoms with Crippen LogP contribution in [0.5, 0.6) is 0 Å².